The molecule has 0 saturated heterocycles. The smallest absolute Gasteiger partial charge is 0.302 e. The molecule has 3 nitrogen and oxygen atoms in total. The molecule has 0 aliphatic heterocycles. The van der Waals surface area contributed by atoms with E-state index in [1.54, 1.807) is 6.92 Å². The van der Waals surface area contributed by atoms with Gasteiger partial charge in [0, 0.05) is 18.8 Å². The Morgan fingerprint density at radius 1 is 1.08 bits per heavy atom. The van der Waals surface area contributed by atoms with Crippen molar-refractivity contribution < 1.29 is 14.3 Å². The molecule has 24 heavy (non-hydrogen) atoms. The van der Waals surface area contributed by atoms with Crippen LogP contribution in [0.1, 0.15) is 72.1 Å². The summed E-state index contributed by atoms with van der Waals surface area (Å²) in [6.45, 7) is 6.33. The maximum absolute atomic E-state index is 11.9. The van der Waals surface area contributed by atoms with Crippen molar-refractivity contribution in [2.24, 2.45) is 28.6 Å². The summed E-state index contributed by atoms with van der Waals surface area (Å²) in [7, 11) is 0. The van der Waals surface area contributed by atoms with Crippen LogP contribution in [0.25, 0.3) is 0 Å². The highest BCUT2D eigenvalue weighted by Crippen LogP contribution is 2.65. The van der Waals surface area contributed by atoms with E-state index in [0.29, 0.717) is 17.6 Å². The van der Waals surface area contributed by atoms with Gasteiger partial charge in [0.25, 0.3) is 0 Å². The molecule has 0 bridgehead atoms. The predicted molar refractivity (Wildman–Crippen MR) is 92.3 cm³/mol. The normalized spacial score (nSPS) is 47.3. The highest BCUT2D eigenvalue weighted by Gasteiger charge is 2.59. The Morgan fingerprint density at radius 3 is 2.62 bits per heavy atom. The summed E-state index contributed by atoms with van der Waals surface area (Å²) < 4.78 is 5.71. The number of hydrogen-bond acceptors (Lipinski definition) is 3. The van der Waals surface area contributed by atoms with Crippen LogP contribution in [-0.2, 0) is 14.3 Å². The molecular formula is C21H30O3. The molecule has 4 aliphatic rings. The molecule has 0 amide bonds. The molecule has 132 valence electrons. The number of rotatable bonds is 1. The fourth-order valence-corrected chi connectivity index (χ4v) is 6.91. The number of ether oxygens (including phenoxy) is 1. The molecule has 0 N–H and O–H groups in total. The van der Waals surface area contributed by atoms with E-state index >= 15 is 0 Å². The van der Waals surface area contributed by atoms with Crippen LogP contribution >= 0.6 is 0 Å². The number of allylic oxidation sites excluding steroid dienone is 1. The molecule has 0 aromatic heterocycles. The van der Waals surface area contributed by atoms with Gasteiger partial charge in [0.2, 0.25) is 0 Å². The van der Waals surface area contributed by atoms with Crippen LogP contribution in [0.15, 0.2) is 11.6 Å². The first-order chi connectivity index (χ1) is 11.3. The minimum Gasteiger partial charge on any atom is -0.462 e. The number of fused-ring (bicyclic) bond motifs is 5. The fourth-order valence-electron chi connectivity index (χ4n) is 6.91. The van der Waals surface area contributed by atoms with Crippen molar-refractivity contribution >= 4 is 11.8 Å². The van der Waals surface area contributed by atoms with Crippen molar-refractivity contribution in [2.45, 2.75) is 78.2 Å². The average Bonchev–Trinajstić information content (AvgIpc) is 2.84. The highest BCUT2D eigenvalue weighted by atomic mass is 16.5. The molecule has 0 heterocycles. The minimum absolute atomic E-state index is 0.110. The van der Waals surface area contributed by atoms with Gasteiger partial charge in [-0.3, -0.25) is 9.59 Å². The molecule has 0 aromatic rings. The van der Waals surface area contributed by atoms with Crippen LogP contribution in [0.5, 0.6) is 0 Å². The van der Waals surface area contributed by atoms with E-state index in [1.165, 1.54) is 24.8 Å². The fraction of sp³-hybridized carbons (Fsp3) is 0.810. The lowest BCUT2D eigenvalue weighted by molar-refractivity contribution is -0.157. The van der Waals surface area contributed by atoms with Gasteiger partial charge in [-0.05, 0) is 74.2 Å². The summed E-state index contributed by atoms with van der Waals surface area (Å²) in [4.78, 5) is 23.4. The molecular weight excluding hydrogens is 300 g/mol. The maximum Gasteiger partial charge on any atom is 0.302 e. The third-order valence-electron chi connectivity index (χ3n) is 8.18. The van der Waals surface area contributed by atoms with E-state index in [9.17, 15) is 9.59 Å². The third-order valence-corrected chi connectivity index (χ3v) is 8.18. The number of esters is 1. The number of ketones is 1. The van der Waals surface area contributed by atoms with Crippen molar-refractivity contribution in [1.29, 1.82) is 0 Å². The summed E-state index contributed by atoms with van der Waals surface area (Å²) >= 11 is 0. The van der Waals surface area contributed by atoms with E-state index in [2.05, 4.69) is 13.8 Å². The van der Waals surface area contributed by atoms with Gasteiger partial charge in [-0.1, -0.05) is 19.4 Å². The van der Waals surface area contributed by atoms with E-state index in [4.69, 9.17) is 4.74 Å². The number of carbonyl (C=O) groups is 2. The van der Waals surface area contributed by atoms with Crippen LogP contribution in [0.4, 0.5) is 0 Å². The molecule has 0 aromatic carbocycles. The van der Waals surface area contributed by atoms with Crippen LogP contribution in [0.2, 0.25) is 0 Å². The van der Waals surface area contributed by atoms with Crippen LogP contribution in [0.3, 0.4) is 0 Å². The molecule has 3 fully saturated rings. The van der Waals surface area contributed by atoms with Gasteiger partial charge in [-0.2, -0.15) is 0 Å². The molecule has 0 radical (unpaired) electrons. The first-order valence-corrected chi connectivity index (χ1v) is 9.76. The second-order valence-corrected chi connectivity index (χ2v) is 9.19. The summed E-state index contributed by atoms with van der Waals surface area (Å²) in [5.74, 6) is 2.32. The second kappa shape index (κ2) is 5.44. The largest absolute Gasteiger partial charge is 0.462 e. The Kier molecular flexibility index (Phi) is 3.71. The highest BCUT2D eigenvalue weighted by molar-refractivity contribution is 5.91. The Bertz CT molecular complexity index is 606. The third kappa shape index (κ3) is 2.23. The molecule has 3 saturated carbocycles. The van der Waals surface area contributed by atoms with E-state index in [0.717, 1.165) is 38.0 Å². The first kappa shape index (κ1) is 16.4. The Morgan fingerprint density at radius 2 is 1.88 bits per heavy atom. The SMILES string of the molecule is CC(=O)OC1CCC2C3CCC4=CC(=O)CC[C@]4(C)C3CC[C@]12C. The van der Waals surface area contributed by atoms with Crippen LogP contribution in [0, 0.1) is 28.6 Å². The quantitative estimate of drug-likeness (QED) is 0.667. The maximum atomic E-state index is 11.9. The average molecular weight is 330 g/mol. The van der Waals surface area contributed by atoms with Gasteiger partial charge >= 0.3 is 5.97 Å². The predicted octanol–water partition coefficient (Wildman–Crippen LogP) is 4.45. The molecule has 3 heteroatoms. The van der Waals surface area contributed by atoms with Crippen LogP contribution in [-0.4, -0.2) is 17.9 Å². The molecule has 0 spiro atoms. The summed E-state index contributed by atoms with van der Waals surface area (Å²) in [5, 5.41) is 0. The van der Waals surface area contributed by atoms with E-state index in [-0.39, 0.29) is 22.9 Å². The second-order valence-electron chi connectivity index (χ2n) is 9.19. The Hall–Kier alpha value is -1.12. The summed E-state index contributed by atoms with van der Waals surface area (Å²) in [6.07, 6.45) is 10.8. The zero-order valence-corrected chi connectivity index (χ0v) is 15.3. The van der Waals surface area contributed by atoms with Gasteiger partial charge in [-0.15, -0.1) is 0 Å². The van der Waals surface area contributed by atoms with Gasteiger partial charge in [0.15, 0.2) is 5.78 Å². The van der Waals surface area contributed by atoms with Gasteiger partial charge in [0.1, 0.15) is 6.10 Å². The van der Waals surface area contributed by atoms with Crippen molar-refractivity contribution in [1.82, 2.24) is 0 Å². The van der Waals surface area contributed by atoms with Crippen molar-refractivity contribution in [2.75, 3.05) is 0 Å². The lowest BCUT2D eigenvalue weighted by Crippen LogP contribution is -2.51. The van der Waals surface area contributed by atoms with Gasteiger partial charge in [0.05, 0.1) is 0 Å². The van der Waals surface area contributed by atoms with Crippen LogP contribution < -0.4 is 0 Å². The van der Waals surface area contributed by atoms with E-state index < -0.39 is 0 Å². The lowest BCUT2D eigenvalue weighted by Gasteiger charge is -2.57. The van der Waals surface area contributed by atoms with Crippen molar-refractivity contribution in [3.8, 4) is 0 Å². The molecule has 4 rings (SSSR count). The Labute approximate surface area is 145 Å². The topological polar surface area (TPSA) is 43.4 Å². The standard InChI is InChI=1S/C21H30O3/c1-13(22)24-19-7-6-17-16-5-4-14-12-15(23)8-10-20(14,2)18(16)9-11-21(17,19)3/h12,16-19H,4-11H2,1-3H3/t16?,17?,18?,19?,20-,21-/m0/s1. The Balaban J connectivity index is 1.62. The zero-order valence-electron chi connectivity index (χ0n) is 15.3. The molecule has 4 aliphatic carbocycles. The van der Waals surface area contributed by atoms with E-state index in [1.807, 2.05) is 6.08 Å². The summed E-state index contributed by atoms with van der Waals surface area (Å²) in [6, 6.07) is 0. The van der Waals surface area contributed by atoms with Crippen molar-refractivity contribution in [3.05, 3.63) is 11.6 Å². The molecule has 6 atom stereocenters. The first-order valence-electron chi connectivity index (χ1n) is 9.76. The molecule has 4 unspecified atom stereocenters. The number of carbonyl (C=O) groups excluding carboxylic acids is 2. The summed E-state index contributed by atoms with van der Waals surface area (Å²) in [5.41, 5.74) is 1.82. The van der Waals surface area contributed by atoms with Gasteiger partial charge < -0.3 is 4.74 Å². The lowest BCUT2D eigenvalue weighted by atomic mass is 9.47. The minimum atomic E-state index is -0.129. The van der Waals surface area contributed by atoms with Crippen molar-refractivity contribution in [3.63, 3.8) is 0 Å². The zero-order chi connectivity index (χ0) is 17.1. The number of hydrogen-bond donors (Lipinski definition) is 0. The van der Waals surface area contributed by atoms with Gasteiger partial charge in [-0.25, -0.2) is 0 Å². The monoisotopic (exact) mass is 330 g/mol.